The van der Waals surface area contributed by atoms with Crippen LogP contribution in [0.4, 0.5) is 4.39 Å². The summed E-state index contributed by atoms with van der Waals surface area (Å²) in [4.78, 5) is 0. The van der Waals surface area contributed by atoms with Crippen molar-refractivity contribution in [3.8, 4) is 17.1 Å². The number of nitrogens with zero attached hydrogens (tertiary/aromatic N) is 3. The number of benzene rings is 3. The fourth-order valence-electron chi connectivity index (χ4n) is 3.51. The standard InChI is InChI=1S/C26H25ClFN3S/c1-17-8-5-6-11-23(17)31-24(18-12-14-19(15-13-18)26(2,3)4)29-30-25(31)32-16-20-21(27)9-7-10-22(20)28/h5-15H,16H2,1-4H3. The van der Waals surface area contributed by atoms with E-state index in [2.05, 4.69) is 68.2 Å². The van der Waals surface area contributed by atoms with E-state index in [1.165, 1.54) is 23.4 Å². The van der Waals surface area contributed by atoms with Gasteiger partial charge in [0.1, 0.15) is 5.82 Å². The number of aryl methyl sites for hydroxylation is 1. The van der Waals surface area contributed by atoms with Crippen molar-refractivity contribution in [1.82, 2.24) is 14.8 Å². The molecule has 1 aromatic heterocycles. The van der Waals surface area contributed by atoms with Gasteiger partial charge in [-0.25, -0.2) is 4.39 Å². The van der Waals surface area contributed by atoms with Crippen LogP contribution < -0.4 is 0 Å². The van der Waals surface area contributed by atoms with Gasteiger partial charge in [0.15, 0.2) is 11.0 Å². The maximum atomic E-state index is 14.3. The number of hydrogen-bond donors (Lipinski definition) is 0. The summed E-state index contributed by atoms with van der Waals surface area (Å²) in [7, 11) is 0. The first-order valence-corrected chi connectivity index (χ1v) is 11.8. The molecule has 0 atom stereocenters. The summed E-state index contributed by atoms with van der Waals surface area (Å²) in [6.07, 6.45) is 0. The van der Waals surface area contributed by atoms with Crippen LogP contribution in [0.25, 0.3) is 17.1 Å². The summed E-state index contributed by atoms with van der Waals surface area (Å²) in [6.45, 7) is 8.64. The normalized spacial score (nSPS) is 11.7. The maximum Gasteiger partial charge on any atom is 0.196 e. The minimum Gasteiger partial charge on any atom is -0.270 e. The molecule has 0 saturated heterocycles. The Hall–Kier alpha value is -2.63. The van der Waals surface area contributed by atoms with Crippen molar-refractivity contribution in [2.75, 3.05) is 0 Å². The Bertz CT molecular complexity index is 1220. The molecule has 1 heterocycles. The molecule has 4 rings (SSSR count). The Balaban J connectivity index is 1.77. The molecular formula is C26H25ClFN3S. The average Bonchev–Trinajstić information content (AvgIpc) is 3.17. The first-order chi connectivity index (χ1) is 15.3. The Labute approximate surface area is 197 Å². The molecule has 0 radical (unpaired) electrons. The second-order valence-corrected chi connectivity index (χ2v) is 10.1. The summed E-state index contributed by atoms with van der Waals surface area (Å²) in [5.41, 5.74) is 4.87. The van der Waals surface area contributed by atoms with Crippen molar-refractivity contribution in [1.29, 1.82) is 0 Å². The van der Waals surface area contributed by atoms with Gasteiger partial charge in [0.25, 0.3) is 0 Å². The van der Waals surface area contributed by atoms with E-state index in [1.54, 1.807) is 12.1 Å². The van der Waals surface area contributed by atoms with Crippen LogP contribution in [0.3, 0.4) is 0 Å². The zero-order chi connectivity index (χ0) is 22.9. The van der Waals surface area contributed by atoms with Gasteiger partial charge in [-0.05, 0) is 41.7 Å². The zero-order valence-corrected chi connectivity index (χ0v) is 20.1. The van der Waals surface area contributed by atoms with E-state index in [1.807, 2.05) is 22.8 Å². The molecule has 6 heteroatoms. The summed E-state index contributed by atoms with van der Waals surface area (Å²) in [6, 6.07) is 21.3. The highest BCUT2D eigenvalue weighted by molar-refractivity contribution is 7.98. The van der Waals surface area contributed by atoms with E-state index in [-0.39, 0.29) is 11.2 Å². The topological polar surface area (TPSA) is 30.7 Å². The smallest absolute Gasteiger partial charge is 0.196 e. The predicted octanol–water partition coefficient (Wildman–Crippen LogP) is 7.63. The monoisotopic (exact) mass is 465 g/mol. The number of aromatic nitrogens is 3. The zero-order valence-electron chi connectivity index (χ0n) is 18.6. The lowest BCUT2D eigenvalue weighted by atomic mass is 9.87. The third-order valence-corrected chi connectivity index (χ3v) is 6.72. The van der Waals surface area contributed by atoms with Crippen molar-refractivity contribution in [3.05, 3.63) is 94.3 Å². The number of thioether (sulfide) groups is 1. The molecule has 0 aliphatic rings. The largest absolute Gasteiger partial charge is 0.270 e. The molecule has 0 aliphatic heterocycles. The molecule has 3 nitrogen and oxygen atoms in total. The minimum absolute atomic E-state index is 0.0717. The first kappa shape index (κ1) is 22.6. The SMILES string of the molecule is Cc1ccccc1-n1c(SCc2c(F)cccc2Cl)nnc1-c1ccc(C(C)(C)C)cc1. The van der Waals surface area contributed by atoms with E-state index in [9.17, 15) is 4.39 Å². The van der Waals surface area contributed by atoms with Gasteiger partial charge in [-0.3, -0.25) is 4.57 Å². The Morgan fingerprint density at radius 2 is 1.66 bits per heavy atom. The van der Waals surface area contributed by atoms with Gasteiger partial charge >= 0.3 is 0 Å². The molecule has 0 N–H and O–H groups in total. The van der Waals surface area contributed by atoms with Crippen LogP contribution in [0.5, 0.6) is 0 Å². The molecule has 0 amide bonds. The fourth-order valence-corrected chi connectivity index (χ4v) is 4.80. The van der Waals surface area contributed by atoms with Gasteiger partial charge in [0.05, 0.1) is 5.69 Å². The van der Waals surface area contributed by atoms with Crippen LogP contribution in [-0.4, -0.2) is 14.8 Å². The van der Waals surface area contributed by atoms with Gasteiger partial charge in [0, 0.05) is 21.9 Å². The summed E-state index contributed by atoms with van der Waals surface area (Å²) in [5, 5.41) is 10.1. The molecule has 0 spiro atoms. The van der Waals surface area contributed by atoms with Gasteiger partial charge in [-0.2, -0.15) is 0 Å². The van der Waals surface area contributed by atoms with E-state index in [0.717, 1.165) is 22.6 Å². The van der Waals surface area contributed by atoms with E-state index in [0.29, 0.717) is 21.5 Å². The van der Waals surface area contributed by atoms with Gasteiger partial charge in [-0.15, -0.1) is 10.2 Å². The van der Waals surface area contributed by atoms with E-state index >= 15 is 0 Å². The van der Waals surface area contributed by atoms with Crippen molar-refractivity contribution < 1.29 is 4.39 Å². The second-order valence-electron chi connectivity index (χ2n) is 8.74. The predicted molar refractivity (Wildman–Crippen MR) is 131 cm³/mol. The quantitative estimate of drug-likeness (QED) is 0.284. The Kier molecular flexibility index (Phi) is 6.40. The Morgan fingerprint density at radius 3 is 2.31 bits per heavy atom. The highest BCUT2D eigenvalue weighted by Crippen LogP contribution is 2.33. The third kappa shape index (κ3) is 4.59. The maximum absolute atomic E-state index is 14.3. The minimum atomic E-state index is -0.315. The van der Waals surface area contributed by atoms with E-state index in [4.69, 9.17) is 11.6 Å². The molecule has 164 valence electrons. The van der Waals surface area contributed by atoms with Crippen LogP contribution in [0.2, 0.25) is 5.02 Å². The molecule has 3 aromatic carbocycles. The fraction of sp³-hybridized carbons (Fsp3) is 0.231. The lowest BCUT2D eigenvalue weighted by Gasteiger charge is -2.19. The molecule has 0 bridgehead atoms. The number of halogens is 2. The number of rotatable bonds is 5. The van der Waals surface area contributed by atoms with Crippen LogP contribution >= 0.6 is 23.4 Å². The first-order valence-electron chi connectivity index (χ1n) is 10.4. The molecule has 4 aromatic rings. The number of hydrogen-bond acceptors (Lipinski definition) is 3. The Morgan fingerprint density at radius 1 is 0.938 bits per heavy atom. The molecule has 0 unspecified atom stereocenters. The van der Waals surface area contributed by atoms with E-state index < -0.39 is 0 Å². The molecule has 0 aliphatic carbocycles. The van der Waals surface area contributed by atoms with Gasteiger partial charge in [0.2, 0.25) is 0 Å². The number of para-hydroxylation sites is 1. The summed E-state index contributed by atoms with van der Waals surface area (Å²) >= 11 is 7.65. The highest BCUT2D eigenvalue weighted by atomic mass is 35.5. The van der Waals surface area contributed by atoms with Crippen molar-refractivity contribution in [3.63, 3.8) is 0 Å². The third-order valence-electron chi connectivity index (χ3n) is 5.41. The van der Waals surface area contributed by atoms with Crippen LogP contribution in [-0.2, 0) is 11.2 Å². The van der Waals surface area contributed by atoms with Crippen molar-refractivity contribution >= 4 is 23.4 Å². The molecular weight excluding hydrogens is 441 g/mol. The highest BCUT2D eigenvalue weighted by Gasteiger charge is 2.20. The van der Waals surface area contributed by atoms with Crippen LogP contribution in [0, 0.1) is 12.7 Å². The average molecular weight is 466 g/mol. The lowest BCUT2D eigenvalue weighted by Crippen LogP contribution is -2.10. The molecule has 32 heavy (non-hydrogen) atoms. The van der Waals surface area contributed by atoms with Crippen LogP contribution in [0.15, 0.2) is 71.9 Å². The molecule has 0 fully saturated rings. The van der Waals surface area contributed by atoms with Crippen LogP contribution in [0.1, 0.15) is 37.5 Å². The van der Waals surface area contributed by atoms with Gasteiger partial charge in [-0.1, -0.05) is 92.7 Å². The molecule has 0 saturated carbocycles. The van der Waals surface area contributed by atoms with Crippen molar-refractivity contribution in [2.45, 2.75) is 44.0 Å². The summed E-state index contributed by atoms with van der Waals surface area (Å²) in [5.74, 6) is 0.796. The van der Waals surface area contributed by atoms with Crippen molar-refractivity contribution in [2.24, 2.45) is 0 Å². The summed E-state index contributed by atoms with van der Waals surface area (Å²) < 4.78 is 16.3. The van der Waals surface area contributed by atoms with Gasteiger partial charge < -0.3 is 0 Å². The second kappa shape index (κ2) is 9.08. The lowest BCUT2D eigenvalue weighted by molar-refractivity contribution is 0.590.